The predicted molar refractivity (Wildman–Crippen MR) is 77.9 cm³/mol. The second-order valence-electron chi connectivity index (χ2n) is 5.72. The van der Waals surface area contributed by atoms with Gasteiger partial charge in [0.2, 0.25) is 0 Å². The van der Waals surface area contributed by atoms with Crippen LogP contribution in [-0.2, 0) is 0 Å². The number of halogens is 1. The first-order chi connectivity index (χ1) is 8.84. The van der Waals surface area contributed by atoms with Crippen molar-refractivity contribution in [2.24, 2.45) is 0 Å². The molecule has 0 aliphatic rings. The van der Waals surface area contributed by atoms with Crippen LogP contribution in [0.2, 0.25) is 0 Å². The Morgan fingerprint density at radius 3 is 2.47 bits per heavy atom. The van der Waals surface area contributed by atoms with Crippen LogP contribution in [0.25, 0.3) is 0 Å². The summed E-state index contributed by atoms with van der Waals surface area (Å²) in [7, 11) is 0. The van der Waals surface area contributed by atoms with E-state index in [0.29, 0.717) is 18.8 Å². The van der Waals surface area contributed by atoms with E-state index in [0.717, 1.165) is 6.54 Å². The molecule has 108 valence electrons. The Morgan fingerprint density at radius 2 is 1.95 bits per heavy atom. The van der Waals surface area contributed by atoms with E-state index in [9.17, 15) is 9.50 Å². The lowest BCUT2D eigenvalue weighted by Crippen LogP contribution is -2.46. The summed E-state index contributed by atoms with van der Waals surface area (Å²) in [6.45, 7) is 10.2. The van der Waals surface area contributed by atoms with E-state index in [4.69, 9.17) is 0 Å². The van der Waals surface area contributed by atoms with Crippen LogP contribution in [0, 0.1) is 5.82 Å². The van der Waals surface area contributed by atoms with Crippen molar-refractivity contribution in [2.45, 2.75) is 39.3 Å². The van der Waals surface area contributed by atoms with Crippen molar-refractivity contribution in [3.05, 3.63) is 30.1 Å². The molecule has 0 radical (unpaired) electrons. The van der Waals surface area contributed by atoms with Crippen molar-refractivity contribution in [3.63, 3.8) is 0 Å². The molecule has 0 heterocycles. The van der Waals surface area contributed by atoms with Crippen molar-refractivity contribution in [3.8, 4) is 0 Å². The van der Waals surface area contributed by atoms with Crippen molar-refractivity contribution >= 4 is 5.69 Å². The largest absolute Gasteiger partial charge is 0.390 e. The third-order valence-electron chi connectivity index (χ3n) is 3.16. The number of nitrogens with one attached hydrogen (secondary N) is 1. The minimum atomic E-state index is -0.529. The number of benzene rings is 1. The number of rotatable bonds is 6. The highest BCUT2D eigenvalue weighted by Gasteiger charge is 2.22. The van der Waals surface area contributed by atoms with Crippen molar-refractivity contribution in [1.29, 1.82) is 0 Å². The molecule has 0 aliphatic heterocycles. The molecule has 1 aromatic rings. The smallest absolute Gasteiger partial charge is 0.146 e. The standard InChI is InChI=1S/C15H25FN2O/c1-5-18(15(2,3)4)11-12(19)10-17-14-9-7-6-8-13(14)16/h6-9,12,17,19H,5,10-11H2,1-4H3. The quantitative estimate of drug-likeness (QED) is 0.832. The number of para-hydroxylation sites is 1. The number of anilines is 1. The molecule has 0 spiro atoms. The van der Waals surface area contributed by atoms with Gasteiger partial charge in [-0.1, -0.05) is 19.1 Å². The predicted octanol–water partition coefficient (Wildman–Crippen LogP) is 2.72. The fraction of sp³-hybridized carbons (Fsp3) is 0.600. The Labute approximate surface area is 115 Å². The highest BCUT2D eigenvalue weighted by molar-refractivity contribution is 5.44. The molecule has 3 nitrogen and oxygen atoms in total. The van der Waals surface area contributed by atoms with Gasteiger partial charge >= 0.3 is 0 Å². The number of hydrogen-bond acceptors (Lipinski definition) is 3. The molecule has 0 fully saturated rings. The molecule has 0 saturated heterocycles. The van der Waals surface area contributed by atoms with Gasteiger partial charge in [0.15, 0.2) is 0 Å². The summed E-state index contributed by atoms with van der Waals surface area (Å²) in [5.41, 5.74) is 0.452. The van der Waals surface area contributed by atoms with Gasteiger partial charge in [0.1, 0.15) is 5.82 Å². The molecular formula is C15H25FN2O. The molecule has 4 heteroatoms. The molecule has 19 heavy (non-hydrogen) atoms. The van der Waals surface area contributed by atoms with Gasteiger partial charge < -0.3 is 10.4 Å². The summed E-state index contributed by atoms with van der Waals surface area (Å²) < 4.78 is 13.4. The molecular weight excluding hydrogens is 243 g/mol. The lowest BCUT2D eigenvalue weighted by molar-refractivity contribution is 0.0691. The zero-order valence-electron chi connectivity index (χ0n) is 12.3. The zero-order chi connectivity index (χ0) is 14.5. The van der Waals surface area contributed by atoms with Gasteiger partial charge in [-0.25, -0.2) is 4.39 Å². The third kappa shape index (κ3) is 5.17. The van der Waals surface area contributed by atoms with E-state index in [1.807, 2.05) is 0 Å². The average Bonchev–Trinajstić information content (AvgIpc) is 2.33. The molecule has 1 atom stereocenters. The Bertz CT molecular complexity index is 390. The SMILES string of the molecule is CCN(CC(O)CNc1ccccc1F)C(C)(C)C. The molecule has 0 saturated carbocycles. The first-order valence-corrected chi connectivity index (χ1v) is 6.76. The van der Waals surface area contributed by atoms with E-state index >= 15 is 0 Å². The summed E-state index contributed by atoms with van der Waals surface area (Å²) >= 11 is 0. The van der Waals surface area contributed by atoms with Gasteiger partial charge in [-0.2, -0.15) is 0 Å². The summed E-state index contributed by atoms with van der Waals surface area (Å²) in [6.07, 6.45) is -0.529. The van der Waals surface area contributed by atoms with Crippen LogP contribution in [-0.4, -0.2) is 41.3 Å². The number of aliphatic hydroxyl groups excluding tert-OH is 1. The van der Waals surface area contributed by atoms with Crippen LogP contribution >= 0.6 is 0 Å². The number of aliphatic hydroxyl groups is 1. The van der Waals surface area contributed by atoms with Gasteiger partial charge in [-0.05, 0) is 39.4 Å². The highest BCUT2D eigenvalue weighted by Crippen LogP contribution is 2.15. The monoisotopic (exact) mass is 268 g/mol. The van der Waals surface area contributed by atoms with Gasteiger partial charge in [0.25, 0.3) is 0 Å². The van der Waals surface area contributed by atoms with Crippen LogP contribution in [0.5, 0.6) is 0 Å². The first kappa shape index (κ1) is 15.9. The van der Waals surface area contributed by atoms with Crippen molar-refractivity contribution in [1.82, 2.24) is 4.90 Å². The van der Waals surface area contributed by atoms with Crippen LogP contribution in [0.1, 0.15) is 27.7 Å². The zero-order valence-corrected chi connectivity index (χ0v) is 12.3. The van der Waals surface area contributed by atoms with E-state index in [1.54, 1.807) is 18.2 Å². The van der Waals surface area contributed by atoms with Gasteiger partial charge in [-0.3, -0.25) is 4.90 Å². The molecule has 1 unspecified atom stereocenters. The molecule has 0 aromatic heterocycles. The Hall–Kier alpha value is -1.13. The first-order valence-electron chi connectivity index (χ1n) is 6.76. The lowest BCUT2D eigenvalue weighted by Gasteiger charge is -2.36. The highest BCUT2D eigenvalue weighted by atomic mass is 19.1. The maximum atomic E-state index is 13.4. The van der Waals surface area contributed by atoms with Crippen molar-refractivity contribution < 1.29 is 9.50 Å². The summed E-state index contributed by atoms with van der Waals surface area (Å²) in [6, 6.07) is 6.49. The molecule has 2 N–H and O–H groups in total. The fourth-order valence-electron chi connectivity index (χ4n) is 2.03. The van der Waals surface area contributed by atoms with E-state index in [1.165, 1.54) is 6.07 Å². The second kappa shape index (κ2) is 6.87. The molecule has 0 amide bonds. The Morgan fingerprint density at radius 1 is 1.32 bits per heavy atom. The van der Waals surface area contributed by atoms with E-state index < -0.39 is 6.10 Å². The number of likely N-dealkylation sites (N-methyl/N-ethyl adjacent to an activating group) is 1. The maximum Gasteiger partial charge on any atom is 0.146 e. The minimum absolute atomic E-state index is 0.0216. The summed E-state index contributed by atoms with van der Waals surface area (Å²) in [5, 5.41) is 13.0. The molecule has 1 rings (SSSR count). The minimum Gasteiger partial charge on any atom is -0.390 e. The molecule has 1 aromatic carbocycles. The van der Waals surface area contributed by atoms with E-state index in [2.05, 4.69) is 37.9 Å². The number of hydrogen-bond donors (Lipinski definition) is 2. The maximum absolute atomic E-state index is 13.4. The second-order valence-corrected chi connectivity index (χ2v) is 5.72. The van der Waals surface area contributed by atoms with Crippen LogP contribution in [0.3, 0.4) is 0 Å². The number of nitrogens with zero attached hydrogens (tertiary/aromatic N) is 1. The normalized spacial score (nSPS) is 13.6. The van der Waals surface area contributed by atoms with Crippen LogP contribution < -0.4 is 5.32 Å². The summed E-state index contributed by atoms with van der Waals surface area (Å²) in [4.78, 5) is 2.20. The Kier molecular flexibility index (Phi) is 5.76. The van der Waals surface area contributed by atoms with Gasteiger partial charge in [0, 0.05) is 18.6 Å². The van der Waals surface area contributed by atoms with Gasteiger partial charge in [-0.15, -0.1) is 0 Å². The number of β-amino-alcohol motifs (C(OH)–C–C–N with tert-alkyl or cyclic N) is 1. The van der Waals surface area contributed by atoms with Crippen LogP contribution in [0.4, 0.5) is 10.1 Å². The van der Waals surface area contributed by atoms with E-state index in [-0.39, 0.29) is 11.4 Å². The fourth-order valence-corrected chi connectivity index (χ4v) is 2.03. The Balaban J connectivity index is 2.48. The third-order valence-corrected chi connectivity index (χ3v) is 3.16. The average molecular weight is 268 g/mol. The molecule has 0 aliphatic carbocycles. The van der Waals surface area contributed by atoms with Crippen molar-refractivity contribution in [2.75, 3.05) is 25.0 Å². The summed E-state index contributed by atoms with van der Waals surface area (Å²) in [5.74, 6) is -0.294. The van der Waals surface area contributed by atoms with Crippen LogP contribution in [0.15, 0.2) is 24.3 Å². The topological polar surface area (TPSA) is 35.5 Å². The lowest BCUT2D eigenvalue weighted by atomic mass is 10.1. The van der Waals surface area contributed by atoms with Gasteiger partial charge in [0.05, 0.1) is 11.8 Å². The molecule has 0 bridgehead atoms.